The number of hydrogen-bond acceptors (Lipinski definition) is 5. The van der Waals surface area contributed by atoms with Crippen LogP contribution in [-0.4, -0.2) is 79.0 Å². The summed E-state index contributed by atoms with van der Waals surface area (Å²) in [6.07, 6.45) is 4.29. The Labute approximate surface area is 205 Å². The van der Waals surface area contributed by atoms with Crippen LogP contribution >= 0.6 is 11.6 Å². The number of carbonyl (C=O) groups is 3. The molecule has 2 fully saturated rings. The minimum atomic E-state index is -0.625. The fourth-order valence-electron chi connectivity index (χ4n) is 5.07. The fraction of sp³-hybridized carbons (Fsp3) is 0.560. The molecular formula is C25H33ClN4O4. The molecule has 0 bridgehead atoms. The maximum absolute atomic E-state index is 13.1. The van der Waals surface area contributed by atoms with E-state index in [1.165, 1.54) is 4.90 Å². The largest absolute Gasteiger partial charge is 0.463 e. The summed E-state index contributed by atoms with van der Waals surface area (Å²) in [5, 5.41) is 3.50. The van der Waals surface area contributed by atoms with Crippen molar-refractivity contribution < 1.29 is 19.1 Å². The molecule has 4 rings (SSSR count). The molecule has 1 N–H and O–H groups in total. The van der Waals surface area contributed by atoms with E-state index in [1.807, 2.05) is 17.0 Å². The molecule has 3 aliphatic rings. The highest BCUT2D eigenvalue weighted by Gasteiger charge is 2.38. The van der Waals surface area contributed by atoms with Gasteiger partial charge in [0.1, 0.15) is 0 Å². The van der Waals surface area contributed by atoms with Crippen molar-refractivity contribution in [2.75, 3.05) is 46.4 Å². The number of urea groups is 1. The van der Waals surface area contributed by atoms with Gasteiger partial charge in [0.2, 0.25) is 5.91 Å². The van der Waals surface area contributed by atoms with Crippen molar-refractivity contribution in [2.24, 2.45) is 5.92 Å². The Morgan fingerprint density at radius 3 is 2.35 bits per heavy atom. The third-order valence-electron chi connectivity index (χ3n) is 7.04. The van der Waals surface area contributed by atoms with Crippen molar-refractivity contribution in [1.82, 2.24) is 20.0 Å². The van der Waals surface area contributed by atoms with E-state index in [1.54, 1.807) is 26.1 Å². The molecule has 184 valence electrons. The number of rotatable bonds is 6. The van der Waals surface area contributed by atoms with E-state index >= 15 is 0 Å². The molecule has 8 nitrogen and oxygen atoms in total. The van der Waals surface area contributed by atoms with Crippen LogP contribution in [0.5, 0.6) is 0 Å². The first-order chi connectivity index (χ1) is 16.4. The highest BCUT2D eigenvalue weighted by atomic mass is 35.5. The molecule has 1 aromatic rings. The fourth-order valence-corrected chi connectivity index (χ4v) is 5.20. The second-order valence-electron chi connectivity index (χ2n) is 9.16. The van der Waals surface area contributed by atoms with Crippen molar-refractivity contribution in [1.29, 1.82) is 0 Å². The summed E-state index contributed by atoms with van der Waals surface area (Å²) >= 11 is 6.05. The van der Waals surface area contributed by atoms with Crippen molar-refractivity contribution in [3.63, 3.8) is 0 Å². The van der Waals surface area contributed by atoms with Gasteiger partial charge < -0.3 is 15.0 Å². The Bertz CT molecular complexity index is 950. The third kappa shape index (κ3) is 5.23. The van der Waals surface area contributed by atoms with Crippen LogP contribution in [0.3, 0.4) is 0 Å². The Morgan fingerprint density at radius 2 is 1.74 bits per heavy atom. The molecule has 1 unspecified atom stereocenters. The molecule has 1 aliphatic carbocycles. The predicted octanol–water partition coefficient (Wildman–Crippen LogP) is 3.19. The van der Waals surface area contributed by atoms with Crippen LogP contribution in [-0.2, 0) is 14.3 Å². The van der Waals surface area contributed by atoms with Gasteiger partial charge in [0.25, 0.3) is 0 Å². The second-order valence-corrected chi connectivity index (χ2v) is 9.59. The molecule has 1 atom stereocenters. The van der Waals surface area contributed by atoms with Crippen molar-refractivity contribution in [3.8, 4) is 0 Å². The Morgan fingerprint density at radius 1 is 1.09 bits per heavy atom. The smallest absolute Gasteiger partial charge is 0.338 e. The number of benzene rings is 1. The summed E-state index contributed by atoms with van der Waals surface area (Å²) in [6.45, 7) is 5.14. The predicted molar refractivity (Wildman–Crippen MR) is 129 cm³/mol. The van der Waals surface area contributed by atoms with Crippen LogP contribution in [0.2, 0.25) is 5.02 Å². The first-order valence-electron chi connectivity index (χ1n) is 12.1. The Kier molecular flexibility index (Phi) is 7.78. The normalized spacial score (nSPS) is 22.2. The standard InChI is InChI=1S/C25H33ClN4O4/c1-3-34-24(32)21-20(28(2)25(33)27-22(21)17-8-10-19(26)11-9-17)16-29-12-14-30(15-13-29)23(31)18-6-4-5-7-18/h8-11,18,22H,3-7,12-16H2,1-2H3,(H,27,33). The maximum Gasteiger partial charge on any atom is 0.338 e. The SMILES string of the molecule is CCOC(=O)C1=C(CN2CCN(C(=O)C3CCCC3)CC2)N(C)C(=O)NC1c1ccc(Cl)cc1. The average Bonchev–Trinajstić information content (AvgIpc) is 3.37. The molecule has 2 aliphatic heterocycles. The lowest BCUT2D eigenvalue weighted by Gasteiger charge is -2.40. The first-order valence-corrected chi connectivity index (χ1v) is 12.5. The van der Waals surface area contributed by atoms with Crippen molar-refractivity contribution >= 4 is 29.5 Å². The van der Waals surface area contributed by atoms with Gasteiger partial charge in [-0.15, -0.1) is 0 Å². The number of amides is 3. The van der Waals surface area contributed by atoms with Gasteiger partial charge in [0.05, 0.1) is 18.2 Å². The number of nitrogens with one attached hydrogen (secondary N) is 1. The van der Waals surface area contributed by atoms with Gasteiger partial charge >= 0.3 is 12.0 Å². The lowest BCUT2D eigenvalue weighted by Crippen LogP contribution is -2.53. The van der Waals surface area contributed by atoms with Gasteiger partial charge in [0.15, 0.2) is 0 Å². The minimum Gasteiger partial charge on any atom is -0.463 e. The van der Waals surface area contributed by atoms with Gasteiger partial charge in [0, 0.05) is 56.4 Å². The number of nitrogens with zero attached hydrogens (tertiary/aromatic N) is 3. The highest BCUT2D eigenvalue weighted by Crippen LogP contribution is 2.32. The van der Waals surface area contributed by atoms with Gasteiger partial charge in [-0.2, -0.15) is 0 Å². The highest BCUT2D eigenvalue weighted by molar-refractivity contribution is 6.30. The van der Waals surface area contributed by atoms with Crippen LogP contribution in [0, 0.1) is 5.92 Å². The molecule has 0 radical (unpaired) electrons. The number of ether oxygens (including phenoxy) is 1. The molecule has 2 heterocycles. The molecule has 1 saturated heterocycles. The Balaban J connectivity index is 1.55. The lowest BCUT2D eigenvalue weighted by atomic mass is 9.94. The van der Waals surface area contributed by atoms with Crippen LogP contribution in [0.15, 0.2) is 35.5 Å². The van der Waals surface area contributed by atoms with E-state index in [0.717, 1.165) is 31.2 Å². The number of likely N-dealkylation sites (N-methyl/N-ethyl adjacent to an activating group) is 1. The summed E-state index contributed by atoms with van der Waals surface area (Å²) in [5.74, 6) is 0.0119. The zero-order valence-corrected chi connectivity index (χ0v) is 20.6. The molecule has 0 aromatic heterocycles. The average molecular weight is 489 g/mol. The van der Waals surface area contributed by atoms with E-state index in [-0.39, 0.29) is 24.5 Å². The third-order valence-corrected chi connectivity index (χ3v) is 7.29. The van der Waals surface area contributed by atoms with E-state index in [9.17, 15) is 14.4 Å². The van der Waals surface area contributed by atoms with E-state index < -0.39 is 12.0 Å². The summed E-state index contributed by atoms with van der Waals surface area (Å²) in [6, 6.07) is 6.19. The van der Waals surface area contributed by atoms with E-state index in [2.05, 4.69) is 10.2 Å². The topological polar surface area (TPSA) is 82.2 Å². The zero-order valence-electron chi connectivity index (χ0n) is 19.9. The summed E-state index contributed by atoms with van der Waals surface area (Å²) in [5.41, 5.74) is 1.81. The molecule has 0 spiro atoms. The van der Waals surface area contributed by atoms with Crippen molar-refractivity contribution in [3.05, 3.63) is 46.1 Å². The molecule has 1 aromatic carbocycles. The van der Waals surface area contributed by atoms with Crippen molar-refractivity contribution in [2.45, 2.75) is 38.6 Å². The molecule has 3 amide bonds. The monoisotopic (exact) mass is 488 g/mol. The molecular weight excluding hydrogens is 456 g/mol. The second kappa shape index (κ2) is 10.8. The quantitative estimate of drug-likeness (QED) is 0.622. The van der Waals surface area contributed by atoms with E-state index in [0.29, 0.717) is 49.0 Å². The molecule has 9 heteroatoms. The van der Waals surface area contributed by atoms with Crippen LogP contribution in [0.1, 0.15) is 44.2 Å². The van der Waals surface area contributed by atoms with Gasteiger partial charge in [-0.25, -0.2) is 9.59 Å². The Hall–Kier alpha value is -2.58. The molecule has 1 saturated carbocycles. The lowest BCUT2D eigenvalue weighted by molar-refractivity contribution is -0.139. The first kappa shape index (κ1) is 24.5. The van der Waals surface area contributed by atoms with Crippen LogP contribution in [0.4, 0.5) is 4.79 Å². The summed E-state index contributed by atoms with van der Waals surface area (Å²) < 4.78 is 5.39. The zero-order chi connectivity index (χ0) is 24.2. The van der Waals surface area contributed by atoms with E-state index in [4.69, 9.17) is 16.3 Å². The van der Waals surface area contributed by atoms with Gasteiger partial charge in [-0.1, -0.05) is 36.6 Å². The number of halogens is 1. The summed E-state index contributed by atoms with van der Waals surface area (Å²) in [7, 11) is 1.67. The summed E-state index contributed by atoms with van der Waals surface area (Å²) in [4.78, 5) is 44.4. The number of carbonyl (C=O) groups excluding carboxylic acids is 3. The number of hydrogen-bond donors (Lipinski definition) is 1. The number of piperazine rings is 1. The van der Waals surface area contributed by atoms with Gasteiger partial charge in [-0.3, -0.25) is 14.6 Å². The van der Waals surface area contributed by atoms with Crippen LogP contribution in [0.25, 0.3) is 0 Å². The van der Waals surface area contributed by atoms with Crippen LogP contribution < -0.4 is 5.32 Å². The van der Waals surface area contributed by atoms with Gasteiger partial charge in [-0.05, 0) is 37.5 Å². The number of esters is 1. The maximum atomic E-state index is 13.1. The molecule has 34 heavy (non-hydrogen) atoms. The minimum absolute atomic E-state index is 0.179.